The Morgan fingerprint density at radius 2 is 0.429 bits per heavy atom. The Kier molecular flexibility index (Phi) is 7.73. The lowest BCUT2D eigenvalue weighted by molar-refractivity contribution is 1.14. The number of allylic oxidation sites excluding steroid dienone is 8. The predicted molar refractivity (Wildman–Crippen MR) is 97.1 cm³/mol. The zero-order valence-corrected chi connectivity index (χ0v) is 17.1. The molecule has 0 bridgehead atoms. The summed E-state index contributed by atoms with van der Waals surface area (Å²) in [5.41, 5.74) is 11.7. The van der Waals surface area contributed by atoms with E-state index in [0.717, 1.165) is 0 Å². The third-order valence-electron chi connectivity index (χ3n) is 5.62. The lowest BCUT2D eigenvalue weighted by Crippen LogP contribution is -1.89. The molecule has 0 spiro atoms. The van der Waals surface area contributed by atoms with E-state index in [9.17, 15) is 0 Å². The van der Waals surface area contributed by atoms with Gasteiger partial charge in [-0.2, -0.15) is 0 Å². The van der Waals surface area contributed by atoms with E-state index in [4.69, 9.17) is 0 Å². The fourth-order valence-electron chi connectivity index (χ4n) is 2.81. The highest BCUT2D eigenvalue weighted by Gasteiger charge is 2.20. The van der Waals surface area contributed by atoms with Gasteiger partial charge in [-0.3, -0.25) is 0 Å². The van der Waals surface area contributed by atoms with E-state index in [-0.39, 0.29) is 23.1 Å². The highest BCUT2D eigenvalue weighted by Crippen LogP contribution is 2.38. The molecule has 1 heteroatoms. The maximum atomic E-state index is 2.20. The molecule has 0 nitrogen and oxygen atoms in total. The van der Waals surface area contributed by atoms with Gasteiger partial charge in [0.1, 0.15) is 0 Å². The van der Waals surface area contributed by atoms with Crippen molar-refractivity contribution in [2.75, 3.05) is 0 Å². The molecule has 2 rings (SSSR count). The lowest BCUT2D eigenvalue weighted by Gasteiger charge is -2.04. The summed E-state index contributed by atoms with van der Waals surface area (Å²) in [6.45, 7) is 22.0. The molecule has 0 unspecified atom stereocenters. The minimum atomic E-state index is 0. The smallest absolute Gasteiger partial charge is 0.0226 e. The lowest BCUT2D eigenvalue weighted by atomic mass is 10.00. The number of hydrogen-bond acceptors (Lipinski definition) is 0. The van der Waals surface area contributed by atoms with Crippen molar-refractivity contribution in [1.29, 1.82) is 0 Å². The monoisotopic (exact) mass is 294 g/mol. The molecule has 4 radical (unpaired) electrons. The fourth-order valence-corrected chi connectivity index (χ4v) is 2.81. The third-order valence-corrected chi connectivity index (χ3v) is 5.62. The molecule has 0 aromatic carbocycles. The highest BCUT2D eigenvalue weighted by atomic mass is 24.3. The largest absolute Gasteiger partial charge is 0.0589 e. The minimum Gasteiger partial charge on any atom is -0.0589 e. The van der Waals surface area contributed by atoms with Gasteiger partial charge in [-0.05, 0) is 77.7 Å². The fraction of sp³-hybridized carbons (Fsp3) is 0.500. The Bertz CT molecular complexity index is 440. The molecule has 0 N–H and O–H groups in total. The third kappa shape index (κ3) is 3.93. The maximum Gasteiger partial charge on any atom is 0.0226 e. The van der Waals surface area contributed by atoms with Crippen LogP contribution in [0.2, 0.25) is 0 Å². The Morgan fingerprint density at radius 3 is 0.476 bits per heavy atom. The Balaban J connectivity index is 0.000000364. The molecule has 0 atom stereocenters. The van der Waals surface area contributed by atoms with Crippen LogP contribution in [0.4, 0.5) is 0 Å². The maximum absolute atomic E-state index is 2.20. The van der Waals surface area contributed by atoms with Crippen LogP contribution in [0.5, 0.6) is 0 Å². The van der Waals surface area contributed by atoms with Gasteiger partial charge in [0.2, 0.25) is 0 Å². The SMILES string of the molecule is C[C]1C(C)=C(C)C(C)=C1C.C[C]1C(C)=C(C)C(C)=C1C.[Mg]. The van der Waals surface area contributed by atoms with Crippen LogP contribution in [0.3, 0.4) is 0 Å². The summed E-state index contributed by atoms with van der Waals surface area (Å²) in [4.78, 5) is 0. The second kappa shape index (κ2) is 7.83. The van der Waals surface area contributed by atoms with E-state index in [0.29, 0.717) is 0 Å². The van der Waals surface area contributed by atoms with E-state index >= 15 is 0 Å². The second-order valence-corrected chi connectivity index (χ2v) is 6.25. The van der Waals surface area contributed by atoms with Crippen LogP contribution in [-0.4, -0.2) is 23.1 Å². The summed E-state index contributed by atoms with van der Waals surface area (Å²) < 4.78 is 0. The molecule has 0 saturated heterocycles. The molecule has 0 aliphatic heterocycles. The molecular formula is C20H30Mg. The van der Waals surface area contributed by atoms with Gasteiger partial charge < -0.3 is 0 Å². The first-order valence-corrected chi connectivity index (χ1v) is 7.50. The topological polar surface area (TPSA) is 0 Å². The van der Waals surface area contributed by atoms with Gasteiger partial charge in [0.25, 0.3) is 0 Å². The second-order valence-electron chi connectivity index (χ2n) is 6.25. The van der Waals surface area contributed by atoms with Crippen LogP contribution in [-0.2, 0) is 0 Å². The average Bonchev–Trinajstić information content (AvgIpc) is 2.71. The molecule has 21 heavy (non-hydrogen) atoms. The van der Waals surface area contributed by atoms with E-state index in [2.05, 4.69) is 69.2 Å². The summed E-state index contributed by atoms with van der Waals surface area (Å²) in [5, 5.41) is 0. The van der Waals surface area contributed by atoms with Crippen molar-refractivity contribution < 1.29 is 0 Å². The molecule has 0 saturated carbocycles. The van der Waals surface area contributed by atoms with E-state index < -0.39 is 0 Å². The first-order chi connectivity index (χ1) is 9.11. The molecule has 112 valence electrons. The Morgan fingerprint density at radius 1 is 0.286 bits per heavy atom. The Labute approximate surface area is 148 Å². The van der Waals surface area contributed by atoms with Gasteiger partial charge in [0.15, 0.2) is 0 Å². The molecule has 0 fully saturated rings. The van der Waals surface area contributed by atoms with Crippen molar-refractivity contribution in [3.8, 4) is 0 Å². The van der Waals surface area contributed by atoms with Gasteiger partial charge in [0.05, 0.1) is 0 Å². The normalized spacial score (nSPS) is 20.3. The number of rotatable bonds is 0. The van der Waals surface area contributed by atoms with E-state index in [1.807, 2.05) is 0 Å². The van der Waals surface area contributed by atoms with Crippen LogP contribution in [0.15, 0.2) is 44.6 Å². The molecule has 0 aromatic rings. The van der Waals surface area contributed by atoms with Gasteiger partial charge >= 0.3 is 0 Å². The zero-order chi connectivity index (χ0) is 15.8. The molecule has 2 aliphatic rings. The van der Waals surface area contributed by atoms with Crippen molar-refractivity contribution in [3.05, 3.63) is 56.4 Å². The average molecular weight is 295 g/mol. The first-order valence-electron chi connectivity index (χ1n) is 7.50. The van der Waals surface area contributed by atoms with Crippen LogP contribution in [0, 0.1) is 11.8 Å². The van der Waals surface area contributed by atoms with Crippen LogP contribution in [0.1, 0.15) is 69.2 Å². The minimum absolute atomic E-state index is 0. The zero-order valence-electron chi connectivity index (χ0n) is 15.7. The molecule has 0 amide bonds. The van der Waals surface area contributed by atoms with Gasteiger partial charge in [-0.25, -0.2) is 0 Å². The molecular weight excluding hydrogens is 265 g/mol. The predicted octanol–water partition coefficient (Wildman–Crippen LogP) is 6.15. The molecule has 2 aliphatic carbocycles. The van der Waals surface area contributed by atoms with Gasteiger partial charge in [-0.1, -0.05) is 36.1 Å². The highest BCUT2D eigenvalue weighted by molar-refractivity contribution is 5.75. The number of hydrogen-bond donors (Lipinski definition) is 0. The van der Waals surface area contributed by atoms with Crippen LogP contribution >= 0.6 is 0 Å². The summed E-state index contributed by atoms with van der Waals surface area (Å²) in [6.07, 6.45) is 0. The quantitative estimate of drug-likeness (QED) is 0.470. The van der Waals surface area contributed by atoms with Gasteiger partial charge in [0, 0.05) is 34.9 Å². The van der Waals surface area contributed by atoms with Crippen molar-refractivity contribution in [3.63, 3.8) is 0 Å². The summed E-state index contributed by atoms with van der Waals surface area (Å²) in [6, 6.07) is 0. The first kappa shape index (κ1) is 20.7. The van der Waals surface area contributed by atoms with E-state index in [1.165, 1.54) is 56.4 Å². The van der Waals surface area contributed by atoms with Crippen molar-refractivity contribution in [2.45, 2.75) is 69.2 Å². The summed E-state index contributed by atoms with van der Waals surface area (Å²) >= 11 is 0. The van der Waals surface area contributed by atoms with Crippen LogP contribution in [0.25, 0.3) is 0 Å². The molecule has 0 heterocycles. The summed E-state index contributed by atoms with van der Waals surface area (Å²) in [5.74, 6) is 2.94. The van der Waals surface area contributed by atoms with Crippen molar-refractivity contribution >= 4 is 23.1 Å². The van der Waals surface area contributed by atoms with Crippen molar-refractivity contribution in [2.24, 2.45) is 0 Å². The standard InChI is InChI=1S/2C10H15.Mg/c2*1-6-7(2)9(4)10(5)8(6)3;/h2*1-5H3;. The van der Waals surface area contributed by atoms with Crippen LogP contribution < -0.4 is 0 Å². The van der Waals surface area contributed by atoms with Gasteiger partial charge in [-0.15, -0.1) is 0 Å². The van der Waals surface area contributed by atoms with Crippen molar-refractivity contribution in [1.82, 2.24) is 0 Å². The Hall–Kier alpha value is -0.274. The summed E-state index contributed by atoms with van der Waals surface area (Å²) in [7, 11) is 0. The van der Waals surface area contributed by atoms with E-state index in [1.54, 1.807) is 0 Å². The molecule has 0 aromatic heterocycles.